The average molecular weight is 337 g/mol. The number of aromatic nitrogens is 3. The van der Waals surface area contributed by atoms with Crippen LogP contribution in [0.3, 0.4) is 0 Å². The molecular weight excluding hydrogens is 320 g/mol. The molecule has 0 spiro atoms. The van der Waals surface area contributed by atoms with Crippen LogP contribution in [0.4, 0.5) is 5.82 Å². The van der Waals surface area contributed by atoms with E-state index in [1.54, 1.807) is 13.1 Å². The van der Waals surface area contributed by atoms with Crippen molar-refractivity contribution in [3.63, 3.8) is 0 Å². The van der Waals surface area contributed by atoms with Gasteiger partial charge in [0.05, 0.1) is 6.20 Å². The second-order valence-corrected chi connectivity index (χ2v) is 5.79. The highest BCUT2D eigenvalue weighted by Crippen LogP contribution is 2.30. The van der Waals surface area contributed by atoms with Gasteiger partial charge in [-0.25, -0.2) is 15.0 Å². The number of halogens is 1. The van der Waals surface area contributed by atoms with Gasteiger partial charge < -0.3 is 10.5 Å². The van der Waals surface area contributed by atoms with Crippen LogP contribution >= 0.6 is 15.9 Å². The van der Waals surface area contributed by atoms with E-state index in [0.717, 1.165) is 17.7 Å². The first kappa shape index (κ1) is 14.7. The van der Waals surface area contributed by atoms with Gasteiger partial charge in [-0.05, 0) is 35.2 Å². The lowest BCUT2D eigenvalue weighted by Gasteiger charge is -2.13. The molecule has 106 valence electrons. The molecule has 0 radical (unpaired) electrons. The molecule has 0 amide bonds. The van der Waals surface area contributed by atoms with Crippen molar-refractivity contribution in [2.24, 2.45) is 5.92 Å². The highest BCUT2D eigenvalue weighted by molar-refractivity contribution is 9.10. The van der Waals surface area contributed by atoms with E-state index in [9.17, 15) is 0 Å². The Labute approximate surface area is 126 Å². The maximum absolute atomic E-state index is 5.86. The number of anilines is 1. The molecule has 0 saturated heterocycles. The van der Waals surface area contributed by atoms with Gasteiger partial charge in [0.25, 0.3) is 0 Å². The molecule has 2 aromatic rings. The van der Waals surface area contributed by atoms with Crippen LogP contribution in [0.1, 0.15) is 25.2 Å². The summed E-state index contributed by atoms with van der Waals surface area (Å²) in [6.45, 7) is 6.08. The summed E-state index contributed by atoms with van der Waals surface area (Å²) < 4.78 is 6.57. The van der Waals surface area contributed by atoms with Crippen LogP contribution in [0.5, 0.6) is 11.5 Å². The number of nitrogens with zero attached hydrogens (tertiary/aromatic N) is 3. The largest absolute Gasteiger partial charge is 0.451 e. The number of aryl methyl sites for hydroxylation is 1. The standard InChI is InChI=1S/C14H17BrN4O/c1-8(2)4-10-6-18-13(15)5-11(10)20-12-7-17-9(3)19-14(12)16/h5-8H,4H2,1-3H3,(H2,16,17,19). The number of pyridine rings is 1. The van der Waals surface area contributed by atoms with Crippen LogP contribution in [-0.4, -0.2) is 15.0 Å². The molecule has 2 N–H and O–H groups in total. The lowest BCUT2D eigenvalue weighted by molar-refractivity contribution is 0.466. The third-order valence-electron chi connectivity index (χ3n) is 2.66. The molecule has 0 bridgehead atoms. The fourth-order valence-corrected chi connectivity index (χ4v) is 2.11. The van der Waals surface area contributed by atoms with E-state index in [1.807, 2.05) is 12.3 Å². The van der Waals surface area contributed by atoms with Crippen LogP contribution in [0.2, 0.25) is 0 Å². The molecule has 0 unspecified atom stereocenters. The third kappa shape index (κ3) is 3.66. The summed E-state index contributed by atoms with van der Waals surface area (Å²) in [5, 5.41) is 0. The summed E-state index contributed by atoms with van der Waals surface area (Å²) in [4.78, 5) is 12.4. The smallest absolute Gasteiger partial charge is 0.187 e. The summed E-state index contributed by atoms with van der Waals surface area (Å²) in [6, 6.07) is 1.83. The second kappa shape index (κ2) is 6.17. The fourth-order valence-electron chi connectivity index (χ4n) is 1.80. The van der Waals surface area contributed by atoms with Crippen LogP contribution in [-0.2, 0) is 6.42 Å². The molecule has 20 heavy (non-hydrogen) atoms. The van der Waals surface area contributed by atoms with Crippen LogP contribution in [0, 0.1) is 12.8 Å². The molecule has 0 atom stereocenters. The Bertz CT molecular complexity index is 616. The monoisotopic (exact) mass is 336 g/mol. The summed E-state index contributed by atoms with van der Waals surface area (Å²) >= 11 is 3.35. The van der Waals surface area contributed by atoms with E-state index in [0.29, 0.717) is 27.9 Å². The zero-order valence-electron chi connectivity index (χ0n) is 11.7. The molecule has 0 aliphatic rings. The van der Waals surface area contributed by atoms with Crippen molar-refractivity contribution in [2.75, 3.05) is 5.73 Å². The SMILES string of the molecule is Cc1ncc(Oc2cc(Br)ncc2CC(C)C)c(N)n1. The molecule has 0 fully saturated rings. The Morgan fingerprint density at radius 1 is 1.25 bits per heavy atom. The number of ether oxygens (including phenoxy) is 1. The number of hydrogen-bond donors (Lipinski definition) is 1. The minimum atomic E-state index is 0.334. The average Bonchev–Trinajstić information content (AvgIpc) is 2.35. The topological polar surface area (TPSA) is 73.9 Å². The lowest BCUT2D eigenvalue weighted by Crippen LogP contribution is -2.02. The van der Waals surface area contributed by atoms with Crippen molar-refractivity contribution < 1.29 is 4.74 Å². The van der Waals surface area contributed by atoms with Gasteiger partial charge in [0.15, 0.2) is 11.6 Å². The van der Waals surface area contributed by atoms with Crippen LogP contribution in [0.25, 0.3) is 0 Å². The van der Waals surface area contributed by atoms with Crippen LogP contribution in [0.15, 0.2) is 23.1 Å². The van der Waals surface area contributed by atoms with Crippen molar-refractivity contribution in [1.82, 2.24) is 15.0 Å². The van der Waals surface area contributed by atoms with E-state index >= 15 is 0 Å². The maximum Gasteiger partial charge on any atom is 0.187 e. The predicted octanol–water partition coefficient (Wildman–Crippen LogP) is 3.52. The van der Waals surface area contributed by atoms with E-state index in [2.05, 4.69) is 44.7 Å². The Morgan fingerprint density at radius 2 is 2.00 bits per heavy atom. The maximum atomic E-state index is 5.86. The van der Waals surface area contributed by atoms with Gasteiger partial charge in [-0.15, -0.1) is 0 Å². The zero-order valence-corrected chi connectivity index (χ0v) is 13.3. The zero-order chi connectivity index (χ0) is 14.7. The molecular formula is C14H17BrN4O. The quantitative estimate of drug-likeness (QED) is 0.864. The van der Waals surface area contributed by atoms with E-state index in [-0.39, 0.29) is 0 Å². The Balaban J connectivity index is 2.34. The third-order valence-corrected chi connectivity index (χ3v) is 3.10. The van der Waals surface area contributed by atoms with E-state index in [1.165, 1.54) is 0 Å². The first-order valence-corrected chi connectivity index (χ1v) is 7.16. The van der Waals surface area contributed by atoms with Gasteiger partial charge in [0.1, 0.15) is 16.2 Å². The van der Waals surface area contributed by atoms with Gasteiger partial charge in [-0.2, -0.15) is 0 Å². The molecule has 5 nitrogen and oxygen atoms in total. The summed E-state index contributed by atoms with van der Waals surface area (Å²) in [7, 11) is 0. The van der Waals surface area contributed by atoms with E-state index in [4.69, 9.17) is 10.5 Å². The number of nitrogen functional groups attached to an aromatic ring is 1. The van der Waals surface area contributed by atoms with Gasteiger partial charge >= 0.3 is 0 Å². The van der Waals surface area contributed by atoms with Gasteiger partial charge in [-0.3, -0.25) is 0 Å². The molecule has 0 saturated carbocycles. The Hall–Kier alpha value is -1.69. The normalized spacial score (nSPS) is 10.8. The number of rotatable bonds is 4. The minimum absolute atomic E-state index is 0.334. The van der Waals surface area contributed by atoms with Crippen molar-refractivity contribution in [1.29, 1.82) is 0 Å². The number of hydrogen-bond acceptors (Lipinski definition) is 5. The van der Waals surface area contributed by atoms with Crippen molar-refractivity contribution in [2.45, 2.75) is 27.2 Å². The van der Waals surface area contributed by atoms with Crippen molar-refractivity contribution >= 4 is 21.7 Å². The first-order chi connectivity index (χ1) is 9.45. The predicted molar refractivity (Wildman–Crippen MR) is 81.7 cm³/mol. The van der Waals surface area contributed by atoms with Gasteiger partial charge in [-0.1, -0.05) is 13.8 Å². The molecule has 0 aromatic carbocycles. The van der Waals surface area contributed by atoms with Gasteiger partial charge in [0, 0.05) is 17.8 Å². The minimum Gasteiger partial charge on any atom is -0.451 e. The molecule has 2 aromatic heterocycles. The van der Waals surface area contributed by atoms with E-state index < -0.39 is 0 Å². The van der Waals surface area contributed by atoms with Gasteiger partial charge in [0.2, 0.25) is 0 Å². The highest BCUT2D eigenvalue weighted by atomic mass is 79.9. The van der Waals surface area contributed by atoms with Crippen molar-refractivity contribution in [3.8, 4) is 11.5 Å². The Morgan fingerprint density at radius 3 is 2.65 bits per heavy atom. The van der Waals surface area contributed by atoms with Crippen molar-refractivity contribution in [3.05, 3.63) is 34.5 Å². The summed E-state index contributed by atoms with van der Waals surface area (Å²) in [6.07, 6.45) is 4.28. The Kier molecular flexibility index (Phi) is 4.54. The summed E-state index contributed by atoms with van der Waals surface area (Å²) in [5.41, 5.74) is 6.89. The summed E-state index contributed by atoms with van der Waals surface area (Å²) in [5.74, 6) is 2.64. The fraction of sp³-hybridized carbons (Fsp3) is 0.357. The molecule has 0 aliphatic heterocycles. The molecule has 2 heterocycles. The first-order valence-electron chi connectivity index (χ1n) is 6.37. The van der Waals surface area contributed by atoms with Crippen LogP contribution < -0.4 is 10.5 Å². The lowest BCUT2D eigenvalue weighted by atomic mass is 10.0. The second-order valence-electron chi connectivity index (χ2n) is 4.98. The molecule has 6 heteroatoms. The highest BCUT2D eigenvalue weighted by Gasteiger charge is 2.11. The molecule has 0 aliphatic carbocycles. The number of nitrogens with two attached hydrogens (primary N) is 1. The molecule has 2 rings (SSSR count).